The molecule has 1 aliphatic heterocycles. The van der Waals surface area contributed by atoms with Gasteiger partial charge in [0.05, 0.1) is 10.7 Å². The molecule has 1 aromatic rings. The molecule has 3 nitrogen and oxygen atoms in total. The lowest BCUT2D eigenvalue weighted by Gasteiger charge is -2.17. The number of nitrogens with zero attached hydrogens (tertiary/aromatic N) is 2. The third-order valence-electron chi connectivity index (χ3n) is 2.21. The fraction of sp³-hybridized carbons (Fsp3) is 0.444. The number of rotatable bonds is 0. The summed E-state index contributed by atoms with van der Waals surface area (Å²) in [5, 5.41) is 3.96. The monoisotopic (exact) mass is 197 g/mol. The lowest BCUT2D eigenvalue weighted by Crippen LogP contribution is -2.17. The summed E-state index contributed by atoms with van der Waals surface area (Å²) in [5.74, 6) is 0.935. The SMILES string of the molecule is CN1CCCNc2ncc(Cl)cc21. The first-order chi connectivity index (χ1) is 6.27. The number of nitrogens with one attached hydrogen (secondary N) is 1. The highest BCUT2D eigenvalue weighted by Gasteiger charge is 2.12. The maximum absolute atomic E-state index is 5.88. The summed E-state index contributed by atoms with van der Waals surface area (Å²) in [6.07, 6.45) is 2.80. The van der Waals surface area contributed by atoms with Crippen LogP contribution < -0.4 is 10.2 Å². The van der Waals surface area contributed by atoms with E-state index in [-0.39, 0.29) is 0 Å². The van der Waals surface area contributed by atoms with Crippen molar-refractivity contribution in [3.05, 3.63) is 17.3 Å². The van der Waals surface area contributed by atoms with Crippen molar-refractivity contribution in [2.45, 2.75) is 6.42 Å². The minimum atomic E-state index is 0.689. The highest BCUT2D eigenvalue weighted by molar-refractivity contribution is 6.30. The van der Waals surface area contributed by atoms with Crippen molar-refractivity contribution in [3.63, 3.8) is 0 Å². The van der Waals surface area contributed by atoms with E-state index in [0.717, 1.165) is 31.0 Å². The molecule has 0 saturated heterocycles. The third-order valence-corrected chi connectivity index (χ3v) is 2.41. The van der Waals surface area contributed by atoms with Crippen LogP contribution in [0.3, 0.4) is 0 Å². The zero-order valence-electron chi connectivity index (χ0n) is 7.55. The third kappa shape index (κ3) is 1.70. The molecule has 70 valence electrons. The van der Waals surface area contributed by atoms with Gasteiger partial charge in [-0.05, 0) is 12.5 Å². The highest BCUT2D eigenvalue weighted by atomic mass is 35.5. The molecule has 0 atom stereocenters. The van der Waals surface area contributed by atoms with Crippen molar-refractivity contribution >= 4 is 23.1 Å². The van der Waals surface area contributed by atoms with E-state index < -0.39 is 0 Å². The van der Waals surface area contributed by atoms with Gasteiger partial charge in [0.1, 0.15) is 5.82 Å². The van der Waals surface area contributed by atoms with Gasteiger partial charge in [0.15, 0.2) is 0 Å². The number of fused-ring (bicyclic) bond motifs is 1. The summed E-state index contributed by atoms with van der Waals surface area (Å²) in [6.45, 7) is 2.02. The van der Waals surface area contributed by atoms with Crippen LogP contribution in [-0.4, -0.2) is 25.1 Å². The first kappa shape index (κ1) is 8.63. The van der Waals surface area contributed by atoms with Crippen molar-refractivity contribution in [1.82, 2.24) is 4.98 Å². The van der Waals surface area contributed by atoms with Gasteiger partial charge in [-0.15, -0.1) is 0 Å². The number of pyridine rings is 1. The quantitative estimate of drug-likeness (QED) is 0.690. The van der Waals surface area contributed by atoms with E-state index in [1.54, 1.807) is 6.20 Å². The average molecular weight is 198 g/mol. The smallest absolute Gasteiger partial charge is 0.149 e. The second-order valence-electron chi connectivity index (χ2n) is 3.22. The van der Waals surface area contributed by atoms with Gasteiger partial charge in [-0.3, -0.25) is 0 Å². The van der Waals surface area contributed by atoms with Crippen LogP contribution in [0.2, 0.25) is 5.02 Å². The summed E-state index contributed by atoms with van der Waals surface area (Å²) in [6, 6.07) is 1.95. The number of hydrogen-bond acceptors (Lipinski definition) is 3. The van der Waals surface area contributed by atoms with Crippen LogP contribution in [0, 0.1) is 0 Å². The lowest BCUT2D eigenvalue weighted by molar-refractivity contribution is 0.837. The minimum Gasteiger partial charge on any atom is -0.372 e. The van der Waals surface area contributed by atoms with Gasteiger partial charge in [0.2, 0.25) is 0 Å². The van der Waals surface area contributed by atoms with E-state index >= 15 is 0 Å². The van der Waals surface area contributed by atoms with E-state index in [9.17, 15) is 0 Å². The molecule has 1 N–H and O–H groups in total. The molecular weight excluding hydrogens is 186 g/mol. The molecule has 0 spiro atoms. The number of aromatic nitrogens is 1. The predicted molar refractivity (Wildman–Crippen MR) is 55.6 cm³/mol. The topological polar surface area (TPSA) is 28.2 Å². The van der Waals surface area contributed by atoms with Gasteiger partial charge in [-0.25, -0.2) is 4.98 Å². The van der Waals surface area contributed by atoms with Crippen LogP contribution in [0.15, 0.2) is 12.3 Å². The van der Waals surface area contributed by atoms with Gasteiger partial charge in [0.25, 0.3) is 0 Å². The van der Waals surface area contributed by atoms with E-state index in [2.05, 4.69) is 22.2 Å². The standard InChI is InChI=1S/C9H12ClN3/c1-13-4-2-3-11-9-8(13)5-7(10)6-12-9/h5-6H,2-4H2,1H3,(H,11,12). The van der Waals surface area contributed by atoms with E-state index in [1.165, 1.54) is 0 Å². The summed E-state index contributed by atoms with van der Waals surface area (Å²) < 4.78 is 0. The molecule has 0 unspecified atom stereocenters. The summed E-state index contributed by atoms with van der Waals surface area (Å²) in [7, 11) is 2.06. The second kappa shape index (κ2) is 3.42. The molecule has 0 aromatic carbocycles. The van der Waals surface area contributed by atoms with Gasteiger partial charge in [0, 0.05) is 26.3 Å². The van der Waals surface area contributed by atoms with Crippen molar-refractivity contribution in [3.8, 4) is 0 Å². The van der Waals surface area contributed by atoms with Gasteiger partial charge >= 0.3 is 0 Å². The van der Waals surface area contributed by atoms with E-state index in [0.29, 0.717) is 5.02 Å². The van der Waals surface area contributed by atoms with Gasteiger partial charge in [-0.2, -0.15) is 0 Å². The molecule has 2 rings (SSSR count). The Morgan fingerprint density at radius 1 is 1.62 bits per heavy atom. The average Bonchev–Trinajstić information content (AvgIpc) is 2.29. The van der Waals surface area contributed by atoms with E-state index in [1.807, 2.05) is 6.07 Å². The Hall–Kier alpha value is -0.960. The maximum atomic E-state index is 5.88. The van der Waals surface area contributed by atoms with Crippen molar-refractivity contribution < 1.29 is 0 Å². The summed E-state index contributed by atoms with van der Waals surface area (Å²) in [5.41, 5.74) is 1.09. The summed E-state index contributed by atoms with van der Waals surface area (Å²) >= 11 is 5.88. The molecule has 0 radical (unpaired) electrons. The van der Waals surface area contributed by atoms with Crippen LogP contribution >= 0.6 is 11.6 Å². The molecule has 0 fully saturated rings. The molecule has 0 saturated carbocycles. The zero-order valence-corrected chi connectivity index (χ0v) is 8.30. The van der Waals surface area contributed by atoms with E-state index in [4.69, 9.17) is 11.6 Å². The Bertz CT molecular complexity index is 314. The van der Waals surface area contributed by atoms with Crippen molar-refractivity contribution in [2.75, 3.05) is 30.4 Å². The molecular formula is C9H12ClN3. The first-order valence-electron chi connectivity index (χ1n) is 4.38. The van der Waals surface area contributed by atoms with Crippen LogP contribution in [0.25, 0.3) is 0 Å². The Kier molecular flexibility index (Phi) is 2.27. The normalized spacial score (nSPS) is 16.0. The second-order valence-corrected chi connectivity index (χ2v) is 3.66. The van der Waals surface area contributed by atoms with Gasteiger partial charge < -0.3 is 10.2 Å². The molecule has 0 aliphatic carbocycles. The first-order valence-corrected chi connectivity index (χ1v) is 4.76. The molecule has 1 aromatic heterocycles. The minimum absolute atomic E-state index is 0.689. The Morgan fingerprint density at radius 2 is 2.46 bits per heavy atom. The maximum Gasteiger partial charge on any atom is 0.149 e. The lowest BCUT2D eigenvalue weighted by atomic mass is 10.3. The van der Waals surface area contributed by atoms with Crippen LogP contribution in [-0.2, 0) is 0 Å². The molecule has 0 amide bonds. The molecule has 2 heterocycles. The molecule has 4 heteroatoms. The Morgan fingerprint density at radius 3 is 3.31 bits per heavy atom. The van der Waals surface area contributed by atoms with Crippen molar-refractivity contribution in [1.29, 1.82) is 0 Å². The predicted octanol–water partition coefficient (Wildman–Crippen LogP) is 1.99. The highest BCUT2D eigenvalue weighted by Crippen LogP contribution is 2.27. The Labute approximate surface area is 82.7 Å². The largest absolute Gasteiger partial charge is 0.372 e. The molecule has 1 aliphatic rings. The fourth-order valence-corrected chi connectivity index (χ4v) is 1.65. The van der Waals surface area contributed by atoms with Crippen LogP contribution in [0.4, 0.5) is 11.5 Å². The van der Waals surface area contributed by atoms with Gasteiger partial charge in [-0.1, -0.05) is 11.6 Å². The molecule has 13 heavy (non-hydrogen) atoms. The van der Waals surface area contributed by atoms with Crippen LogP contribution in [0.5, 0.6) is 0 Å². The van der Waals surface area contributed by atoms with Crippen LogP contribution in [0.1, 0.15) is 6.42 Å². The zero-order chi connectivity index (χ0) is 9.26. The molecule has 0 bridgehead atoms. The fourth-order valence-electron chi connectivity index (χ4n) is 1.50. The number of hydrogen-bond donors (Lipinski definition) is 1. The van der Waals surface area contributed by atoms with Crippen molar-refractivity contribution in [2.24, 2.45) is 0 Å². The number of anilines is 2. The number of halogens is 1. The Balaban J connectivity index is 2.43. The summed E-state index contributed by atoms with van der Waals surface area (Å²) in [4.78, 5) is 6.42.